The molecule has 4 heteroatoms. The van der Waals surface area contributed by atoms with Crippen molar-refractivity contribution >= 4 is 11.6 Å². The van der Waals surface area contributed by atoms with Gasteiger partial charge >= 0.3 is 0 Å². The van der Waals surface area contributed by atoms with E-state index in [-0.39, 0.29) is 0 Å². The molecule has 0 N–H and O–H groups in total. The van der Waals surface area contributed by atoms with Crippen LogP contribution in [0.2, 0.25) is 0 Å². The zero-order chi connectivity index (χ0) is 15.4. The predicted molar refractivity (Wildman–Crippen MR) is 79.4 cm³/mol. The van der Waals surface area contributed by atoms with Crippen molar-refractivity contribution in [2.45, 2.75) is 13.3 Å². The lowest BCUT2D eigenvalue weighted by atomic mass is 10.0. The molecule has 0 bridgehead atoms. The molecule has 0 aromatic heterocycles. The number of carbonyl (C=O) groups excluding carboxylic acids is 2. The first-order valence-electron chi connectivity index (χ1n) is 6.49. The Morgan fingerprint density at radius 3 is 2.52 bits per heavy atom. The molecule has 2 rings (SSSR count). The number of rotatable bonds is 5. The van der Waals surface area contributed by atoms with Crippen LogP contribution >= 0.6 is 0 Å². The number of ketones is 2. The molecule has 1 aliphatic rings. The van der Waals surface area contributed by atoms with Gasteiger partial charge in [-0.25, -0.2) is 0 Å². The Morgan fingerprint density at radius 2 is 1.86 bits per heavy atom. The molecule has 0 amide bonds. The standard InChI is InChI=1S/C17H16O4/c1-4-5-12-6-7-15(20-3)17(9-12)21-16-10-14(19)13(18)8-11(16)2/h4,6-10H,1,5H2,2-3H3. The monoisotopic (exact) mass is 284 g/mol. The molecule has 1 aliphatic carbocycles. The van der Waals surface area contributed by atoms with Crippen molar-refractivity contribution in [2.75, 3.05) is 7.11 Å². The van der Waals surface area contributed by atoms with Gasteiger partial charge in [-0.15, -0.1) is 6.58 Å². The lowest BCUT2D eigenvalue weighted by molar-refractivity contribution is -0.131. The van der Waals surface area contributed by atoms with Crippen molar-refractivity contribution in [3.8, 4) is 11.5 Å². The maximum Gasteiger partial charge on any atom is 0.229 e. The van der Waals surface area contributed by atoms with Crippen LogP contribution in [0.3, 0.4) is 0 Å². The van der Waals surface area contributed by atoms with Gasteiger partial charge < -0.3 is 9.47 Å². The lowest BCUT2D eigenvalue weighted by Crippen LogP contribution is -2.16. The van der Waals surface area contributed by atoms with Gasteiger partial charge in [-0.1, -0.05) is 12.1 Å². The predicted octanol–water partition coefficient (Wildman–Crippen LogP) is 2.78. The van der Waals surface area contributed by atoms with Crippen molar-refractivity contribution in [3.63, 3.8) is 0 Å². The Morgan fingerprint density at radius 1 is 1.14 bits per heavy atom. The largest absolute Gasteiger partial charge is 0.493 e. The van der Waals surface area contributed by atoms with Gasteiger partial charge in [-0.05, 0) is 42.7 Å². The number of ether oxygens (including phenoxy) is 2. The second kappa shape index (κ2) is 6.22. The highest BCUT2D eigenvalue weighted by molar-refractivity contribution is 6.46. The number of methoxy groups -OCH3 is 1. The van der Waals surface area contributed by atoms with Gasteiger partial charge in [-0.3, -0.25) is 9.59 Å². The van der Waals surface area contributed by atoms with E-state index in [4.69, 9.17) is 9.47 Å². The summed E-state index contributed by atoms with van der Waals surface area (Å²) in [5.41, 5.74) is 1.62. The molecule has 0 radical (unpaired) electrons. The van der Waals surface area contributed by atoms with Crippen molar-refractivity contribution in [2.24, 2.45) is 0 Å². The third-order valence-corrected chi connectivity index (χ3v) is 3.07. The minimum atomic E-state index is -0.586. The smallest absolute Gasteiger partial charge is 0.229 e. The highest BCUT2D eigenvalue weighted by Crippen LogP contribution is 2.31. The normalized spacial score (nSPS) is 14.4. The van der Waals surface area contributed by atoms with E-state index in [1.807, 2.05) is 12.1 Å². The van der Waals surface area contributed by atoms with Crippen LogP contribution in [0.15, 0.2) is 54.3 Å². The van der Waals surface area contributed by atoms with Gasteiger partial charge in [-0.2, -0.15) is 0 Å². The second-order valence-corrected chi connectivity index (χ2v) is 4.64. The maximum absolute atomic E-state index is 11.5. The van der Waals surface area contributed by atoms with E-state index in [2.05, 4.69) is 6.58 Å². The zero-order valence-corrected chi connectivity index (χ0v) is 12.0. The number of hydrogen-bond acceptors (Lipinski definition) is 4. The van der Waals surface area contributed by atoms with Gasteiger partial charge in [0.1, 0.15) is 5.76 Å². The molecule has 21 heavy (non-hydrogen) atoms. The summed E-state index contributed by atoms with van der Waals surface area (Å²) in [6, 6.07) is 5.54. The van der Waals surface area contributed by atoms with Crippen molar-refractivity contribution in [3.05, 3.63) is 59.9 Å². The zero-order valence-electron chi connectivity index (χ0n) is 12.0. The first kappa shape index (κ1) is 14.8. The fraction of sp³-hybridized carbons (Fsp3) is 0.176. The van der Waals surface area contributed by atoms with Crippen LogP contribution in [0, 0.1) is 0 Å². The van der Waals surface area contributed by atoms with E-state index in [0.717, 1.165) is 5.56 Å². The third-order valence-electron chi connectivity index (χ3n) is 3.07. The molecule has 0 heterocycles. The molecule has 0 aliphatic heterocycles. The van der Waals surface area contributed by atoms with Gasteiger partial charge in [0.15, 0.2) is 11.5 Å². The molecule has 108 valence electrons. The molecule has 0 fully saturated rings. The summed E-state index contributed by atoms with van der Waals surface area (Å²) in [6.45, 7) is 5.42. The van der Waals surface area contributed by atoms with E-state index in [1.54, 1.807) is 26.2 Å². The van der Waals surface area contributed by atoms with Gasteiger partial charge in [0.2, 0.25) is 11.6 Å². The Kier molecular flexibility index (Phi) is 4.38. The molecular formula is C17H16O4. The average molecular weight is 284 g/mol. The number of carbonyl (C=O) groups is 2. The molecule has 0 unspecified atom stereocenters. The fourth-order valence-electron chi connectivity index (χ4n) is 1.97. The van der Waals surface area contributed by atoms with Crippen molar-refractivity contribution < 1.29 is 19.1 Å². The van der Waals surface area contributed by atoms with Crippen LogP contribution in [0.1, 0.15) is 12.5 Å². The third kappa shape index (κ3) is 3.28. The van der Waals surface area contributed by atoms with Crippen LogP contribution in [0.5, 0.6) is 11.5 Å². The highest BCUT2D eigenvalue weighted by Gasteiger charge is 2.20. The van der Waals surface area contributed by atoms with Crippen LogP contribution in [0.25, 0.3) is 0 Å². The van der Waals surface area contributed by atoms with E-state index >= 15 is 0 Å². The Hall–Kier alpha value is -2.62. The van der Waals surface area contributed by atoms with E-state index < -0.39 is 11.6 Å². The Labute approximate surface area is 123 Å². The summed E-state index contributed by atoms with van der Waals surface area (Å²) in [4.78, 5) is 22.8. The molecule has 4 nitrogen and oxygen atoms in total. The summed E-state index contributed by atoms with van der Waals surface area (Å²) in [5.74, 6) is 0.288. The van der Waals surface area contributed by atoms with Crippen LogP contribution < -0.4 is 9.47 Å². The first-order valence-corrected chi connectivity index (χ1v) is 6.49. The van der Waals surface area contributed by atoms with Crippen LogP contribution in [-0.2, 0) is 16.0 Å². The lowest BCUT2D eigenvalue weighted by Gasteiger charge is -2.16. The Balaban J connectivity index is 2.34. The number of hydrogen-bond donors (Lipinski definition) is 0. The quantitative estimate of drug-likeness (QED) is 0.474. The van der Waals surface area contributed by atoms with Gasteiger partial charge in [0, 0.05) is 6.08 Å². The summed E-state index contributed by atoms with van der Waals surface area (Å²) in [5, 5.41) is 0. The van der Waals surface area contributed by atoms with Crippen LogP contribution in [-0.4, -0.2) is 18.7 Å². The van der Waals surface area contributed by atoms with Crippen molar-refractivity contribution in [1.82, 2.24) is 0 Å². The molecule has 1 aromatic carbocycles. The van der Waals surface area contributed by atoms with E-state index in [9.17, 15) is 9.59 Å². The molecule has 0 saturated carbocycles. The average Bonchev–Trinajstić information content (AvgIpc) is 2.45. The van der Waals surface area contributed by atoms with Crippen molar-refractivity contribution in [1.29, 1.82) is 0 Å². The summed E-state index contributed by atoms with van der Waals surface area (Å²) >= 11 is 0. The number of allylic oxidation sites excluding steroid dienone is 4. The summed E-state index contributed by atoms with van der Waals surface area (Å²) in [7, 11) is 1.54. The number of benzene rings is 1. The highest BCUT2D eigenvalue weighted by atomic mass is 16.5. The Bertz CT molecular complexity index is 665. The minimum absolute atomic E-state index is 0.355. The second-order valence-electron chi connectivity index (χ2n) is 4.64. The molecule has 0 saturated heterocycles. The molecule has 0 atom stereocenters. The van der Waals surface area contributed by atoms with E-state index in [0.29, 0.717) is 29.3 Å². The maximum atomic E-state index is 11.5. The summed E-state index contributed by atoms with van der Waals surface area (Å²) < 4.78 is 11.0. The van der Waals surface area contributed by atoms with Gasteiger partial charge in [0.25, 0.3) is 0 Å². The fourth-order valence-corrected chi connectivity index (χ4v) is 1.97. The SMILES string of the molecule is C=CCc1ccc(OC)c(OC2=CC(=O)C(=O)C=C2C)c1. The summed E-state index contributed by atoms with van der Waals surface area (Å²) in [6.07, 6.45) is 4.97. The topological polar surface area (TPSA) is 52.6 Å². The molecule has 0 spiro atoms. The molecule has 1 aromatic rings. The van der Waals surface area contributed by atoms with Crippen LogP contribution in [0.4, 0.5) is 0 Å². The first-order chi connectivity index (χ1) is 10.0. The molecular weight excluding hydrogens is 268 g/mol. The van der Waals surface area contributed by atoms with E-state index in [1.165, 1.54) is 12.2 Å². The van der Waals surface area contributed by atoms with Gasteiger partial charge in [0.05, 0.1) is 7.11 Å². The minimum Gasteiger partial charge on any atom is -0.493 e.